The minimum absolute atomic E-state index is 0.133. The number of ketones is 1. The van der Waals surface area contributed by atoms with Crippen molar-refractivity contribution >= 4 is 23.1 Å². The van der Waals surface area contributed by atoms with E-state index in [0.717, 1.165) is 25.1 Å². The van der Waals surface area contributed by atoms with Gasteiger partial charge >= 0.3 is 0 Å². The molecule has 1 aromatic rings. The zero-order valence-electron chi connectivity index (χ0n) is 9.51. The molecule has 4 heteroatoms. The molecule has 0 bridgehead atoms. The second-order valence-corrected chi connectivity index (χ2v) is 4.90. The maximum Gasteiger partial charge on any atom is 0.141 e. The molecule has 1 saturated carbocycles. The minimum Gasteiger partial charge on any atom is -0.385 e. The molecule has 0 spiro atoms. The molecule has 1 fully saturated rings. The first-order valence-corrected chi connectivity index (χ1v) is 6.23. The van der Waals surface area contributed by atoms with E-state index >= 15 is 0 Å². The highest BCUT2D eigenvalue weighted by Crippen LogP contribution is 2.23. The molecule has 2 rings (SSSR count). The van der Waals surface area contributed by atoms with E-state index in [2.05, 4.69) is 5.32 Å². The zero-order valence-corrected chi connectivity index (χ0v) is 10.3. The molecule has 17 heavy (non-hydrogen) atoms. The molecule has 1 aliphatic rings. The Bertz CT molecular complexity index is 412. The molecule has 0 unspecified atom stereocenters. The largest absolute Gasteiger partial charge is 0.385 e. The molecular weight excluding hydrogens is 241 g/mol. The number of anilines is 1. The Morgan fingerprint density at radius 2 is 2.06 bits per heavy atom. The standard InChI is InChI=1S/C13H15ClFNO/c14-12-7-10(3-6-13(12)15)16-8-9-1-4-11(17)5-2-9/h3,6-7,9,16H,1-2,4-5,8H2. The van der Waals surface area contributed by atoms with Gasteiger partial charge in [-0.3, -0.25) is 4.79 Å². The molecule has 0 amide bonds. The number of hydrogen-bond donors (Lipinski definition) is 1. The predicted molar refractivity (Wildman–Crippen MR) is 66.9 cm³/mol. The minimum atomic E-state index is -0.402. The third-order valence-corrected chi connectivity index (χ3v) is 3.47. The summed E-state index contributed by atoms with van der Waals surface area (Å²) in [6.07, 6.45) is 3.27. The predicted octanol–water partition coefficient (Wildman–Crippen LogP) is 3.65. The van der Waals surface area contributed by atoms with Crippen molar-refractivity contribution in [3.05, 3.63) is 29.0 Å². The van der Waals surface area contributed by atoms with Crippen LogP contribution in [0.1, 0.15) is 25.7 Å². The molecule has 2 nitrogen and oxygen atoms in total. The maximum absolute atomic E-state index is 12.9. The fourth-order valence-electron chi connectivity index (χ4n) is 2.07. The molecule has 0 radical (unpaired) electrons. The van der Waals surface area contributed by atoms with E-state index in [0.29, 0.717) is 24.5 Å². The van der Waals surface area contributed by atoms with Gasteiger partial charge in [-0.1, -0.05) is 11.6 Å². The van der Waals surface area contributed by atoms with Gasteiger partial charge in [0.05, 0.1) is 5.02 Å². The molecule has 1 N–H and O–H groups in total. The van der Waals surface area contributed by atoms with Crippen molar-refractivity contribution in [3.8, 4) is 0 Å². The molecular formula is C13H15ClFNO. The topological polar surface area (TPSA) is 29.1 Å². The molecule has 0 aliphatic heterocycles. The van der Waals surface area contributed by atoms with E-state index in [-0.39, 0.29) is 5.02 Å². The van der Waals surface area contributed by atoms with Crippen molar-refractivity contribution < 1.29 is 9.18 Å². The Labute approximate surface area is 105 Å². The third-order valence-electron chi connectivity index (χ3n) is 3.18. The summed E-state index contributed by atoms with van der Waals surface area (Å²) in [7, 11) is 0. The fraction of sp³-hybridized carbons (Fsp3) is 0.462. The number of nitrogens with one attached hydrogen (secondary N) is 1. The smallest absolute Gasteiger partial charge is 0.141 e. The van der Waals surface area contributed by atoms with Crippen molar-refractivity contribution in [2.45, 2.75) is 25.7 Å². The van der Waals surface area contributed by atoms with Gasteiger partial charge in [-0.05, 0) is 37.0 Å². The van der Waals surface area contributed by atoms with Crippen LogP contribution in [0.25, 0.3) is 0 Å². The fourth-order valence-corrected chi connectivity index (χ4v) is 2.25. The van der Waals surface area contributed by atoms with Crippen LogP contribution in [-0.4, -0.2) is 12.3 Å². The van der Waals surface area contributed by atoms with Crippen LogP contribution in [0.4, 0.5) is 10.1 Å². The van der Waals surface area contributed by atoms with Gasteiger partial charge in [-0.15, -0.1) is 0 Å². The monoisotopic (exact) mass is 255 g/mol. The van der Waals surface area contributed by atoms with Crippen LogP contribution in [-0.2, 0) is 4.79 Å². The average molecular weight is 256 g/mol. The van der Waals surface area contributed by atoms with Crippen molar-refractivity contribution in [2.24, 2.45) is 5.92 Å². The molecule has 0 aromatic heterocycles. The van der Waals surface area contributed by atoms with E-state index in [1.807, 2.05) is 0 Å². The number of hydrogen-bond acceptors (Lipinski definition) is 2. The number of rotatable bonds is 3. The van der Waals surface area contributed by atoms with Gasteiger partial charge in [0.15, 0.2) is 0 Å². The van der Waals surface area contributed by atoms with Gasteiger partial charge in [0.25, 0.3) is 0 Å². The summed E-state index contributed by atoms with van der Waals surface area (Å²) in [5.41, 5.74) is 0.827. The van der Waals surface area contributed by atoms with Crippen molar-refractivity contribution in [1.82, 2.24) is 0 Å². The molecule has 0 atom stereocenters. The second-order valence-electron chi connectivity index (χ2n) is 4.49. The first-order chi connectivity index (χ1) is 8.15. The van der Waals surface area contributed by atoms with Crippen LogP contribution in [0.15, 0.2) is 18.2 Å². The van der Waals surface area contributed by atoms with Crippen LogP contribution in [0.2, 0.25) is 5.02 Å². The zero-order chi connectivity index (χ0) is 12.3. The molecule has 1 aromatic carbocycles. The number of halogens is 2. The lowest BCUT2D eigenvalue weighted by Gasteiger charge is -2.21. The average Bonchev–Trinajstić information content (AvgIpc) is 2.33. The summed E-state index contributed by atoms with van der Waals surface area (Å²) in [5, 5.41) is 3.37. The normalized spacial score (nSPS) is 17.2. The summed E-state index contributed by atoms with van der Waals surface area (Å²) in [5.74, 6) is 0.489. The summed E-state index contributed by atoms with van der Waals surface area (Å²) < 4.78 is 12.9. The van der Waals surface area contributed by atoms with E-state index in [4.69, 9.17) is 11.6 Å². The lowest BCUT2D eigenvalue weighted by Crippen LogP contribution is -2.21. The van der Waals surface area contributed by atoms with Gasteiger partial charge in [-0.2, -0.15) is 0 Å². The first kappa shape index (κ1) is 12.4. The lowest BCUT2D eigenvalue weighted by atomic mass is 9.88. The van der Waals surface area contributed by atoms with Crippen molar-refractivity contribution in [2.75, 3.05) is 11.9 Å². The van der Waals surface area contributed by atoms with E-state index in [1.54, 1.807) is 12.1 Å². The van der Waals surface area contributed by atoms with Crippen LogP contribution in [0.5, 0.6) is 0 Å². The number of Topliss-reactive ketones (excluding diaryl/α,β-unsaturated/α-hetero) is 1. The Balaban J connectivity index is 1.85. The Morgan fingerprint density at radius 1 is 1.35 bits per heavy atom. The molecule has 92 valence electrons. The third kappa shape index (κ3) is 3.43. The first-order valence-electron chi connectivity index (χ1n) is 5.86. The lowest BCUT2D eigenvalue weighted by molar-refractivity contribution is -0.120. The molecule has 1 aliphatic carbocycles. The van der Waals surface area contributed by atoms with Crippen LogP contribution in [0, 0.1) is 11.7 Å². The van der Waals surface area contributed by atoms with Gasteiger partial charge in [0.1, 0.15) is 11.6 Å². The van der Waals surface area contributed by atoms with Crippen molar-refractivity contribution in [3.63, 3.8) is 0 Å². The van der Waals surface area contributed by atoms with Gasteiger partial charge < -0.3 is 5.32 Å². The van der Waals surface area contributed by atoms with E-state index in [9.17, 15) is 9.18 Å². The summed E-state index contributed by atoms with van der Waals surface area (Å²) in [4.78, 5) is 11.1. The van der Waals surface area contributed by atoms with Crippen molar-refractivity contribution in [1.29, 1.82) is 0 Å². The second kappa shape index (κ2) is 5.50. The Kier molecular flexibility index (Phi) is 4.00. The highest BCUT2D eigenvalue weighted by molar-refractivity contribution is 6.31. The summed E-state index contributed by atoms with van der Waals surface area (Å²) in [6.45, 7) is 0.815. The Morgan fingerprint density at radius 3 is 2.71 bits per heavy atom. The summed E-state index contributed by atoms with van der Waals surface area (Å²) in [6, 6.07) is 4.62. The number of benzene rings is 1. The molecule has 0 saturated heterocycles. The van der Waals surface area contributed by atoms with Crippen LogP contribution < -0.4 is 5.32 Å². The van der Waals surface area contributed by atoms with Crippen LogP contribution >= 0.6 is 11.6 Å². The highest BCUT2D eigenvalue weighted by Gasteiger charge is 2.18. The van der Waals surface area contributed by atoms with Gasteiger partial charge in [0.2, 0.25) is 0 Å². The quantitative estimate of drug-likeness (QED) is 0.893. The SMILES string of the molecule is O=C1CCC(CNc2ccc(F)c(Cl)c2)CC1. The van der Waals surface area contributed by atoms with Gasteiger partial charge in [0, 0.05) is 25.1 Å². The van der Waals surface area contributed by atoms with E-state index < -0.39 is 5.82 Å². The number of carbonyl (C=O) groups excluding carboxylic acids is 1. The highest BCUT2D eigenvalue weighted by atomic mass is 35.5. The van der Waals surface area contributed by atoms with E-state index in [1.165, 1.54) is 6.07 Å². The van der Waals surface area contributed by atoms with Gasteiger partial charge in [-0.25, -0.2) is 4.39 Å². The Hall–Kier alpha value is -1.09. The summed E-state index contributed by atoms with van der Waals surface area (Å²) >= 11 is 5.69. The molecule has 0 heterocycles. The maximum atomic E-state index is 12.9. The van der Waals surface area contributed by atoms with Crippen LogP contribution in [0.3, 0.4) is 0 Å². The number of carbonyl (C=O) groups is 1.